The summed E-state index contributed by atoms with van der Waals surface area (Å²) in [6.07, 6.45) is -0.712. The largest absolute Gasteiger partial charge is 0.502 e. The van der Waals surface area contributed by atoms with Gasteiger partial charge >= 0.3 is 11.8 Å². The zero-order valence-corrected chi connectivity index (χ0v) is 17.6. The van der Waals surface area contributed by atoms with Gasteiger partial charge in [-0.1, -0.05) is 0 Å². The maximum absolute atomic E-state index is 12.6. The normalized spacial score (nSPS) is 17.7. The van der Waals surface area contributed by atoms with Crippen LogP contribution in [0.3, 0.4) is 0 Å². The Kier molecular flexibility index (Phi) is 5.67. The Balaban J connectivity index is 1.51. The predicted molar refractivity (Wildman–Crippen MR) is 113 cm³/mol. The minimum absolute atomic E-state index is 0.0818. The number of hydrogen-bond donors (Lipinski definition) is 1. The molecular weight excluding hydrogens is 414 g/mol. The number of ketones is 1. The van der Waals surface area contributed by atoms with Gasteiger partial charge in [0.1, 0.15) is 5.75 Å². The van der Waals surface area contributed by atoms with Gasteiger partial charge in [0.15, 0.2) is 5.78 Å². The number of anilines is 2. The van der Waals surface area contributed by atoms with Gasteiger partial charge in [0, 0.05) is 35.1 Å². The van der Waals surface area contributed by atoms with E-state index in [2.05, 4.69) is 10.4 Å². The summed E-state index contributed by atoms with van der Waals surface area (Å²) in [5.74, 6) is -1.43. The Bertz CT molecular complexity index is 1110. The van der Waals surface area contributed by atoms with Crippen LogP contribution in [0.5, 0.6) is 5.75 Å². The van der Waals surface area contributed by atoms with Gasteiger partial charge in [-0.3, -0.25) is 19.3 Å². The fourth-order valence-corrected chi connectivity index (χ4v) is 3.63. The van der Waals surface area contributed by atoms with E-state index in [1.54, 1.807) is 43.5 Å². The number of nitrogens with one attached hydrogen (secondary N) is 1. The van der Waals surface area contributed by atoms with Gasteiger partial charge in [-0.15, -0.1) is 0 Å². The molecule has 0 saturated carbocycles. The van der Waals surface area contributed by atoms with Crippen molar-refractivity contribution in [3.8, 4) is 5.75 Å². The SMILES string of the molecule is COc1ccc(N2CCN3C(=O)C(=O)[N+](CC(=O)Nc4ccc(C(C)=O)cc4)=NC32)cc1. The van der Waals surface area contributed by atoms with Crippen LogP contribution in [0, 0.1) is 0 Å². The van der Waals surface area contributed by atoms with E-state index in [-0.39, 0.29) is 5.78 Å². The number of ether oxygens (including phenoxy) is 1. The maximum Gasteiger partial charge on any atom is 0.502 e. The number of methoxy groups -OCH3 is 1. The molecule has 0 bridgehead atoms. The van der Waals surface area contributed by atoms with Gasteiger partial charge in [-0.2, -0.15) is 0 Å². The molecule has 4 rings (SSSR count). The number of fused-ring (bicyclic) bond motifs is 1. The summed E-state index contributed by atoms with van der Waals surface area (Å²) in [5, 5.41) is 7.02. The van der Waals surface area contributed by atoms with E-state index in [0.717, 1.165) is 10.4 Å². The molecular formula is C22H22N5O5+. The first-order valence-electron chi connectivity index (χ1n) is 10.0. The van der Waals surface area contributed by atoms with E-state index < -0.39 is 30.6 Å². The second-order valence-corrected chi connectivity index (χ2v) is 7.40. The second-order valence-electron chi connectivity index (χ2n) is 7.40. The van der Waals surface area contributed by atoms with Gasteiger partial charge < -0.3 is 15.0 Å². The molecule has 1 fully saturated rings. The van der Waals surface area contributed by atoms with Crippen molar-refractivity contribution in [2.45, 2.75) is 13.2 Å². The van der Waals surface area contributed by atoms with E-state index in [1.165, 1.54) is 11.8 Å². The van der Waals surface area contributed by atoms with Crippen molar-refractivity contribution in [2.75, 3.05) is 37.0 Å². The summed E-state index contributed by atoms with van der Waals surface area (Å²) in [6, 6.07) is 13.7. The highest BCUT2D eigenvalue weighted by Gasteiger charge is 2.49. The van der Waals surface area contributed by atoms with Crippen LogP contribution >= 0.6 is 0 Å². The topological polar surface area (TPSA) is 111 Å². The number of benzene rings is 2. The monoisotopic (exact) mass is 436 g/mol. The van der Waals surface area contributed by atoms with Crippen LogP contribution in [0.25, 0.3) is 0 Å². The maximum atomic E-state index is 12.6. The lowest BCUT2D eigenvalue weighted by molar-refractivity contribution is -0.509. The van der Waals surface area contributed by atoms with Gasteiger partial charge in [-0.05, 0) is 60.2 Å². The molecule has 1 unspecified atom stereocenters. The molecule has 0 aliphatic carbocycles. The lowest BCUT2D eigenvalue weighted by Crippen LogP contribution is -2.52. The van der Waals surface area contributed by atoms with E-state index in [4.69, 9.17) is 4.74 Å². The third-order valence-corrected chi connectivity index (χ3v) is 5.33. The van der Waals surface area contributed by atoms with Crippen LogP contribution in [0.1, 0.15) is 17.3 Å². The Labute approximate surface area is 184 Å². The molecule has 10 heteroatoms. The summed E-state index contributed by atoms with van der Waals surface area (Å²) in [4.78, 5) is 52.2. The van der Waals surface area contributed by atoms with E-state index in [0.29, 0.717) is 30.1 Å². The van der Waals surface area contributed by atoms with Crippen LogP contribution in [0.15, 0.2) is 53.6 Å². The van der Waals surface area contributed by atoms with E-state index >= 15 is 0 Å². The van der Waals surface area contributed by atoms with Crippen LogP contribution in [0.2, 0.25) is 0 Å². The Hall–Kier alpha value is -4.08. The van der Waals surface area contributed by atoms with E-state index in [9.17, 15) is 19.2 Å². The third kappa shape index (κ3) is 4.07. The first kappa shape index (κ1) is 21.2. The molecule has 2 aliphatic heterocycles. The zero-order chi connectivity index (χ0) is 22.8. The van der Waals surface area contributed by atoms with Crippen LogP contribution in [-0.2, 0) is 14.4 Å². The molecule has 1 saturated heterocycles. The Morgan fingerprint density at radius 1 is 1.06 bits per heavy atom. The molecule has 1 N–H and O–H groups in total. The smallest absolute Gasteiger partial charge is 0.497 e. The molecule has 3 amide bonds. The first-order valence-corrected chi connectivity index (χ1v) is 10.0. The van der Waals surface area contributed by atoms with Crippen molar-refractivity contribution in [1.29, 1.82) is 0 Å². The van der Waals surface area contributed by atoms with Crippen LogP contribution < -0.4 is 15.0 Å². The molecule has 10 nitrogen and oxygen atoms in total. The fraction of sp³-hybridized carbons (Fsp3) is 0.273. The Morgan fingerprint density at radius 2 is 1.72 bits per heavy atom. The molecule has 2 aromatic carbocycles. The van der Waals surface area contributed by atoms with Gasteiger partial charge in [0.2, 0.25) is 0 Å². The van der Waals surface area contributed by atoms with Gasteiger partial charge in [0.25, 0.3) is 18.7 Å². The molecule has 0 aromatic heterocycles. The first-order chi connectivity index (χ1) is 15.4. The summed E-state index contributed by atoms with van der Waals surface area (Å²) < 4.78 is 6.08. The third-order valence-electron chi connectivity index (χ3n) is 5.33. The van der Waals surface area contributed by atoms with Crippen LogP contribution in [-0.4, -0.2) is 66.1 Å². The van der Waals surface area contributed by atoms with Crippen molar-refractivity contribution in [1.82, 2.24) is 4.90 Å². The summed E-state index contributed by atoms with van der Waals surface area (Å²) in [5.41, 5.74) is 1.81. The number of Topliss-reactive ketones (excluding diaryl/α,β-unsaturated/α-hetero) is 1. The summed E-state index contributed by atoms with van der Waals surface area (Å²) >= 11 is 0. The van der Waals surface area contributed by atoms with Crippen LogP contribution in [0.4, 0.5) is 11.4 Å². The van der Waals surface area contributed by atoms with Gasteiger partial charge in [0.05, 0.1) is 7.11 Å². The highest BCUT2D eigenvalue weighted by atomic mass is 16.5. The minimum atomic E-state index is -0.847. The second kappa shape index (κ2) is 8.58. The molecule has 0 spiro atoms. The number of nitrogens with zero attached hydrogens (tertiary/aromatic N) is 4. The number of carbonyl (C=O) groups is 4. The van der Waals surface area contributed by atoms with Crippen molar-refractivity contribution in [2.24, 2.45) is 5.11 Å². The molecule has 1 atom stereocenters. The molecule has 2 aromatic rings. The quantitative estimate of drug-likeness (QED) is 0.417. The highest BCUT2D eigenvalue weighted by Crippen LogP contribution is 2.28. The zero-order valence-electron chi connectivity index (χ0n) is 17.6. The molecule has 164 valence electrons. The Morgan fingerprint density at radius 3 is 2.34 bits per heavy atom. The summed E-state index contributed by atoms with van der Waals surface area (Å²) in [7, 11) is 1.58. The number of rotatable bonds is 6. The standard InChI is InChI=1S/C22H21N5O5/c1-14(28)15-3-5-16(6-4-15)23-19(29)13-27-21(31)20(30)26-12-11-25(22(26)24-27)17-7-9-18(32-2)10-8-17/h3-10,22H,11-13H2,1-2H3/p+1. The molecule has 32 heavy (non-hydrogen) atoms. The van der Waals surface area contributed by atoms with Crippen molar-refractivity contribution in [3.05, 3.63) is 54.1 Å². The lowest BCUT2D eigenvalue weighted by Gasteiger charge is -2.27. The number of azo groups is 2. The average Bonchev–Trinajstić information content (AvgIpc) is 3.21. The van der Waals surface area contributed by atoms with Gasteiger partial charge in [-0.25, -0.2) is 4.79 Å². The number of amides is 3. The van der Waals surface area contributed by atoms with Crippen molar-refractivity contribution in [3.63, 3.8) is 0 Å². The van der Waals surface area contributed by atoms with E-state index in [1.807, 2.05) is 17.0 Å². The number of carbonyl (C=O) groups excluding carboxylic acids is 4. The highest BCUT2D eigenvalue weighted by molar-refractivity contribution is 6.32. The van der Waals surface area contributed by atoms with Crippen molar-refractivity contribution >= 4 is 34.9 Å². The van der Waals surface area contributed by atoms with Crippen molar-refractivity contribution < 1.29 is 28.6 Å². The number of hydrogen-bond acceptors (Lipinski definition) is 7. The predicted octanol–water partition coefficient (Wildman–Crippen LogP) is 1.47. The molecule has 2 heterocycles. The average molecular weight is 436 g/mol. The summed E-state index contributed by atoms with van der Waals surface area (Å²) in [6.45, 7) is 1.91. The molecule has 2 aliphatic rings. The molecule has 0 radical (unpaired) electrons. The fourth-order valence-electron chi connectivity index (χ4n) is 3.63. The minimum Gasteiger partial charge on any atom is -0.497 e. The lowest BCUT2D eigenvalue weighted by atomic mass is 10.1.